The SMILES string of the molecule is CC(C)(O)C(=O)c1cccc2ccncc12. The van der Waals surface area contributed by atoms with Crippen molar-refractivity contribution in [2.24, 2.45) is 0 Å². The van der Waals surface area contributed by atoms with Crippen molar-refractivity contribution in [3.05, 3.63) is 42.2 Å². The standard InChI is InChI=1S/C13H13NO2/c1-13(2,16)12(15)10-5-3-4-9-6-7-14-8-11(9)10/h3-8,16H,1-2H3. The molecule has 0 aliphatic rings. The van der Waals surface area contributed by atoms with E-state index in [2.05, 4.69) is 4.98 Å². The first-order valence-corrected chi connectivity index (χ1v) is 5.10. The zero-order chi connectivity index (χ0) is 11.8. The lowest BCUT2D eigenvalue weighted by Gasteiger charge is -2.16. The fourth-order valence-corrected chi connectivity index (χ4v) is 1.64. The number of nitrogens with zero attached hydrogens (tertiary/aromatic N) is 1. The molecule has 0 saturated heterocycles. The van der Waals surface area contributed by atoms with Crippen LogP contribution in [0.1, 0.15) is 24.2 Å². The number of carbonyl (C=O) groups excluding carboxylic acids is 1. The van der Waals surface area contributed by atoms with E-state index in [0.29, 0.717) is 5.56 Å². The molecule has 3 heteroatoms. The fourth-order valence-electron chi connectivity index (χ4n) is 1.64. The number of aromatic nitrogens is 1. The van der Waals surface area contributed by atoms with Crippen LogP contribution in [-0.4, -0.2) is 21.5 Å². The predicted octanol–water partition coefficient (Wildman–Crippen LogP) is 2.19. The number of pyridine rings is 1. The molecule has 0 spiro atoms. The van der Waals surface area contributed by atoms with E-state index >= 15 is 0 Å². The van der Waals surface area contributed by atoms with Crippen LogP contribution in [0.4, 0.5) is 0 Å². The molecule has 16 heavy (non-hydrogen) atoms. The summed E-state index contributed by atoms with van der Waals surface area (Å²) in [5.41, 5.74) is -0.845. The van der Waals surface area contributed by atoms with E-state index in [1.165, 1.54) is 13.8 Å². The van der Waals surface area contributed by atoms with Crippen molar-refractivity contribution in [3.63, 3.8) is 0 Å². The average molecular weight is 215 g/mol. The van der Waals surface area contributed by atoms with E-state index in [-0.39, 0.29) is 5.78 Å². The molecule has 0 bridgehead atoms. The van der Waals surface area contributed by atoms with Crippen LogP contribution in [0.25, 0.3) is 10.8 Å². The second-order valence-corrected chi connectivity index (χ2v) is 4.29. The maximum absolute atomic E-state index is 12.0. The van der Waals surface area contributed by atoms with Gasteiger partial charge < -0.3 is 5.11 Å². The van der Waals surface area contributed by atoms with Crippen LogP contribution in [0.2, 0.25) is 0 Å². The quantitative estimate of drug-likeness (QED) is 0.781. The summed E-state index contributed by atoms with van der Waals surface area (Å²) in [5, 5.41) is 11.5. The summed E-state index contributed by atoms with van der Waals surface area (Å²) < 4.78 is 0. The number of fused-ring (bicyclic) bond motifs is 1. The van der Waals surface area contributed by atoms with E-state index in [0.717, 1.165) is 10.8 Å². The second-order valence-electron chi connectivity index (χ2n) is 4.29. The van der Waals surface area contributed by atoms with Gasteiger partial charge in [0, 0.05) is 23.3 Å². The zero-order valence-electron chi connectivity index (χ0n) is 9.27. The molecular formula is C13H13NO2. The van der Waals surface area contributed by atoms with Gasteiger partial charge in [0.2, 0.25) is 0 Å². The van der Waals surface area contributed by atoms with Crippen LogP contribution < -0.4 is 0 Å². The maximum atomic E-state index is 12.0. The minimum atomic E-state index is -1.36. The first-order valence-electron chi connectivity index (χ1n) is 5.10. The smallest absolute Gasteiger partial charge is 0.194 e. The Labute approximate surface area is 93.7 Å². The largest absolute Gasteiger partial charge is 0.382 e. The van der Waals surface area contributed by atoms with Gasteiger partial charge in [-0.2, -0.15) is 0 Å². The molecule has 0 atom stereocenters. The number of aliphatic hydroxyl groups is 1. The molecule has 0 amide bonds. The summed E-state index contributed by atoms with van der Waals surface area (Å²) in [4.78, 5) is 16.0. The molecule has 1 aromatic heterocycles. The Bertz CT molecular complexity index is 536. The number of Topliss-reactive ketones (excluding diaryl/α,β-unsaturated/α-hetero) is 1. The maximum Gasteiger partial charge on any atom is 0.194 e. The van der Waals surface area contributed by atoms with Crippen molar-refractivity contribution in [2.45, 2.75) is 19.4 Å². The molecule has 2 rings (SSSR count). The molecule has 1 N–H and O–H groups in total. The van der Waals surface area contributed by atoms with E-state index in [1.54, 1.807) is 24.5 Å². The Morgan fingerprint density at radius 2 is 2.06 bits per heavy atom. The summed E-state index contributed by atoms with van der Waals surface area (Å²) in [6.45, 7) is 2.98. The number of ketones is 1. The third-order valence-corrected chi connectivity index (χ3v) is 2.48. The molecule has 3 nitrogen and oxygen atoms in total. The number of carbonyl (C=O) groups is 1. The van der Waals surface area contributed by atoms with Crippen LogP contribution in [0.5, 0.6) is 0 Å². The molecule has 0 unspecified atom stereocenters. The third-order valence-electron chi connectivity index (χ3n) is 2.48. The zero-order valence-corrected chi connectivity index (χ0v) is 9.27. The molecule has 1 heterocycles. The molecular weight excluding hydrogens is 202 g/mol. The lowest BCUT2D eigenvalue weighted by molar-refractivity contribution is 0.0490. The Morgan fingerprint density at radius 1 is 1.31 bits per heavy atom. The van der Waals surface area contributed by atoms with Gasteiger partial charge in [0.15, 0.2) is 5.78 Å². The van der Waals surface area contributed by atoms with Gasteiger partial charge in [-0.3, -0.25) is 9.78 Å². The molecule has 0 aliphatic heterocycles. The van der Waals surface area contributed by atoms with Crippen molar-refractivity contribution in [2.75, 3.05) is 0 Å². The van der Waals surface area contributed by atoms with Crippen molar-refractivity contribution < 1.29 is 9.90 Å². The number of hydrogen-bond acceptors (Lipinski definition) is 3. The number of rotatable bonds is 2. The first-order chi connectivity index (χ1) is 7.50. The van der Waals surface area contributed by atoms with E-state index in [4.69, 9.17) is 0 Å². The predicted molar refractivity (Wildman–Crippen MR) is 62.4 cm³/mol. The Kier molecular flexibility index (Phi) is 2.48. The molecule has 0 aliphatic carbocycles. The highest BCUT2D eigenvalue weighted by atomic mass is 16.3. The Hall–Kier alpha value is -1.74. The number of benzene rings is 1. The Balaban J connectivity index is 2.66. The van der Waals surface area contributed by atoms with Crippen LogP contribution in [0.3, 0.4) is 0 Å². The lowest BCUT2D eigenvalue weighted by Crippen LogP contribution is -2.31. The lowest BCUT2D eigenvalue weighted by atomic mass is 9.93. The van der Waals surface area contributed by atoms with Crippen LogP contribution in [-0.2, 0) is 0 Å². The van der Waals surface area contributed by atoms with Gasteiger partial charge in [-0.1, -0.05) is 18.2 Å². The van der Waals surface area contributed by atoms with Gasteiger partial charge in [0.05, 0.1) is 0 Å². The van der Waals surface area contributed by atoms with Gasteiger partial charge >= 0.3 is 0 Å². The highest BCUT2D eigenvalue weighted by molar-refractivity contribution is 6.11. The molecule has 2 aromatic rings. The molecule has 1 aromatic carbocycles. The van der Waals surface area contributed by atoms with Crippen molar-refractivity contribution >= 4 is 16.6 Å². The molecule has 0 radical (unpaired) electrons. The highest BCUT2D eigenvalue weighted by Crippen LogP contribution is 2.21. The van der Waals surface area contributed by atoms with Crippen LogP contribution in [0, 0.1) is 0 Å². The van der Waals surface area contributed by atoms with E-state index < -0.39 is 5.60 Å². The fraction of sp³-hybridized carbons (Fsp3) is 0.231. The number of hydrogen-bond donors (Lipinski definition) is 1. The van der Waals surface area contributed by atoms with Gasteiger partial charge in [-0.25, -0.2) is 0 Å². The topological polar surface area (TPSA) is 50.2 Å². The third kappa shape index (κ3) is 1.82. The monoisotopic (exact) mass is 215 g/mol. The van der Waals surface area contributed by atoms with E-state index in [9.17, 15) is 9.90 Å². The summed E-state index contributed by atoms with van der Waals surface area (Å²) in [6.07, 6.45) is 3.33. The Morgan fingerprint density at radius 3 is 2.75 bits per heavy atom. The van der Waals surface area contributed by atoms with Crippen molar-refractivity contribution in [1.82, 2.24) is 4.98 Å². The molecule has 0 saturated carbocycles. The van der Waals surface area contributed by atoms with Crippen LogP contribution >= 0.6 is 0 Å². The first kappa shape index (κ1) is 10.8. The minimum Gasteiger partial charge on any atom is -0.382 e. The normalized spacial score (nSPS) is 11.7. The van der Waals surface area contributed by atoms with Gasteiger partial charge in [-0.05, 0) is 25.3 Å². The van der Waals surface area contributed by atoms with Crippen molar-refractivity contribution in [1.29, 1.82) is 0 Å². The van der Waals surface area contributed by atoms with Crippen LogP contribution in [0.15, 0.2) is 36.7 Å². The second kappa shape index (κ2) is 3.68. The average Bonchev–Trinajstić information content (AvgIpc) is 2.26. The van der Waals surface area contributed by atoms with E-state index in [1.807, 2.05) is 12.1 Å². The summed E-state index contributed by atoms with van der Waals surface area (Å²) in [6, 6.07) is 7.28. The highest BCUT2D eigenvalue weighted by Gasteiger charge is 2.26. The van der Waals surface area contributed by atoms with Crippen molar-refractivity contribution in [3.8, 4) is 0 Å². The van der Waals surface area contributed by atoms with Gasteiger partial charge in [0.25, 0.3) is 0 Å². The van der Waals surface area contributed by atoms with Gasteiger partial charge in [0.1, 0.15) is 5.60 Å². The summed E-state index contributed by atoms with van der Waals surface area (Å²) in [7, 11) is 0. The summed E-state index contributed by atoms with van der Waals surface area (Å²) >= 11 is 0. The molecule has 82 valence electrons. The minimum absolute atomic E-state index is 0.286. The summed E-state index contributed by atoms with van der Waals surface area (Å²) in [5.74, 6) is -0.286. The molecule has 0 fully saturated rings. The van der Waals surface area contributed by atoms with Gasteiger partial charge in [-0.15, -0.1) is 0 Å².